The van der Waals surface area contributed by atoms with Gasteiger partial charge in [-0.05, 0) is 30.7 Å². The summed E-state index contributed by atoms with van der Waals surface area (Å²) in [5.41, 5.74) is 3.48. The topological polar surface area (TPSA) is 57.8 Å². The van der Waals surface area contributed by atoms with Gasteiger partial charge in [-0.1, -0.05) is 18.2 Å². The summed E-state index contributed by atoms with van der Waals surface area (Å²) in [6, 6.07) is 11.5. The molecule has 0 aliphatic rings. The minimum Gasteiger partial charge on any atom is -0.361 e. The van der Waals surface area contributed by atoms with Crippen molar-refractivity contribution in [1.82, 2.24) is 15.3 Å². The van der Waals surface area contributed by atoms with Crippen LogP contribution >= 0.6 is 0 Å². The molecule has 0 spiro atoms. The third-order valence-electron chi connectivity index (χ3n) is 3.26. The highest BCUT2D eigenvalue weighted by molar-refractivity contribution is 6.05. The number of fused-ring (bicyclic) bond motifs is 1. The quantitative estimate of drug-likeness (QED) is 0.765. The molecule has 100 valence electrons. The first-order chi connectivity index (χ1) is 9.74. The minimum atomic E-state index is -0.0846. The summed E-state index contributed by atoms with van der Waals surface area (Å²) in [5.74, 6) is -0.0846. The van der Waals surface area contributed by atoms with E-state index in [1.807, 2.05) is 49.5 Å². The van der Waals surface area contributed by atoms with E-state index in [4.69, 9.17) is 0 Å². The first-order valence-corrected chi connectivity index (χ1v) is 6.50. The molecule has 1 amide bonds. The van der Waals surface area contributed by atoms with E-state index in [9.17, 15) is 4.79 Å². The number of carbonyl (C=O) groups is 1. The molecule has 20 heavy (non-hydrogen) atoms. The molecular weight excluding hydrogens is 250 g/mol. The van der Waals surface area contributed by atoms with Gasteiger partial charge in [-0.15, -0.1) is 0 Å². The Bertz CT molecular complexity index is 744. The monoisotopic (exact) mass is 265 g/mol. The van der Waals surface area contributed by atoms with Crippen LogP contribution in [0.1, 0.15) is 21.6 Å². The lowest BCUT2D eigenvalue weighted by Crippen LogP contribution is -2.23. The van der Waals surface area contributed by atoms with Gasteiger partial charge in [0.25, 0.3) is 5.91 Å². The smallest absolute Gasteiger partial charge is 0.253 e. The molecule has 0 aliphatic heterocycles. The SMILES string of the molecule is Cc1ccc(CNC(=O)c2cccc3cc[nH]c23)cn1. The second-order valence-electron chi connectivity index (χ2n) is 4.74. The number of H-pyrrole nitrogens is 1. The van der Waals surface area contributed by atoms with Crippen LogP contribution in [-0.4, -0.2) is 15.9 Å². The van der Waals surface area contributed by atoms with Gasteiger partial charge in [-0.3, -0.25) is 9.78 Å². The molecule has 2 N–H and O–H groups in total. The van der Waals surface area contributed by atoms with Crippen molar-refractivity contribution < 1.29 is 4.79 Å². The van der Waals surface area contributed by atoms with Crippen molar-refractivity contribution in [3.05, 3.63) is 65.6 Å². The van der Waals surface area contributed by atoms with Crippen LogP contribution in [0.15, 0.2) is 48.8 Å². The van der Waals surface area contributed by atoms with E-state index in [0.717, 1.165) is 22.2 Å². The van der Waals surface area contributed by atoms with E-state index in [2.05, 4.69) is 15.3 Å². The van der Waals surface area contributed by atoms with Crippen LogP contribution < -0.4 is 5.32 Å². The van der Waals surface area contributed by atoms with Crippen LogP contribution in [0.3, 0.4) is 0 Å². The number of para-hydroxylation sites is 1. The number of benzene rings is 1. The van der Waals surface area contributed by atoms with Crippen LogP contribution in [0.4, 0.5) is 0 Å². The molecular formula is C16H15N3O. The number of amides is 1. The summed E-state index contributed by atoms with van der Waals surface area (Å²) < 4.78 is 0. The summed E-state index contributed by atoms with van der Waals surface area (Å²) in [6.07, 6.45) is 3.62. The highest BCUT2D eigenvalue weighted by atomic mass is 16.1. The van der Waals surface area contributed by atoms with E-state index in [0.29, 0.717) is 12.1 Å². The van der Waals surface area contributed by atoms with E-state index >= 15 is 0 Å². The molecule has 1 aromatic carbocycles. The maximum Gasteiger partial charge on any atom is 0.253 e. The number of aromatic nitrogens is 2. The summed E-state index contributed by atoms with van der Waals surface area (Å²) in [6.45, 7) is 2.41. The number of hydrogen-bond acceptors (Lipinski definition) is 2. The number of carbonyl (C=O) groups excluding carboxylic acids is 1. The third kappa shape index (κ3) is 2.40. The molecule has 4 heteroatoms. The Morgan fingerprint density at radius 1 is 1.25 bits per heavy atom. The Labute approximate surface area is 116 Å². The van der Waals surface area contributed by atoms with Crippen LogP contribution in [-0.2, 0) is 6.54 Å². The highest BCUT2D eigenvalue weighted by Gasteiger charge is 2.10. The van der Waals surface area contributed by atoms with E-state index < -0.39 is 0 Å². The number of nitrogens with zero attached hydrogens (tertiary/aromatic N) is 1. The van der Waals surface area contributed by atoms with Crippen molar-refractivity contribution in [2.24, 2.45) is 0 Å². The minimum absolute atomic E-state index is 0.0846. The molecule has 0 atom stereocenters. The molecule has 0 bridgehead atoms. The van der Waals surface area contributed by atoms with Gasteiger partial charge in [-0.25, -0.2) is 0 Å². The lowest BCUT2D eigenvalue weighted by Gasteiger charge is -2.06. The zero-order chi connectivity index (χ0) is 13.9. The first kappa shape index (κ1) is 12.4. The van der Waals surface area contributed by atoms with Gasteiger partial charge in [0.2, 0.25) is 0 Å². The predicted molar refractivity (Wildman–Crippen MR) is 78.4 cm³/mol. The first-order valence-electron chi connectivity index (χ1n) is 6.50. The van der Waals surface area contributed by atoms with Gasteiger partial charge in [0.15, 0.2) is 0 Å². The van der Waals surface area contributed by atoms with Crippen molar-refractivity contribution >= 4 is 16.8 Å². The lowest BCUT2D eigenvalue weighted by atomic mass is 10.1. The Morgan fingerprint density at radius 2 is 2.15 bits per heavy atom. The largest absolute Gasteiger partial charge is 0.361 e. The Hall–Kier alpha value is -2.62. The van der Waals surface area contributed by atoms with E-state index in [1.165, 1.54) is 0 Å². The zero-order valence-electron chi connectivity index (χ0n) is 11.2. The van der Waals surface area contributed by atoms with E-state index in [1.54, 1.807) is 6.20 Å². The molecule has 2 heterocycles. The molecule has 4 nitrogen and oxygen atoms in total. The average Bonchev–Trinajstić information content (AvgIpc) is 2.94. The number of pyridine rings is 1. The number of hydrogen-bond donors (Lipinski definition) is 2. The van der Waals surface area contributed by atoms with E-state index in [-0.39, 0.29) is 5.91 Å². The van der Waals surface area contributed by atoms with Crippen molar-refractivity contribution in [1.29, 1.82) is 0 Å². The molecule has 0 saturated carbocycles. The molecule has 0 radical (unpaired) electrons. The zero-order valence-corrected chi connectivity index (χ0v) is 11.2. The molecule has 0 saturated heterocycles. The van der Waals surface area contributed by atoms with Gasteiger partial charge < -0.3 is 10.3 Å². The van der Waals surface area contributed by atoms with Crippen molar-refractivity contribution in [3.8, 4) is 0 Å². The maximum atomic E-state index is 12.2. The van der Waals surface area contributed by atoms with Crippen molar-refractivity contribution in [2.75, 3.05) is 0 Å². The number of aromatic amines is 1. The summed E-state index contributed by atoms with van der Waals surface area (Å²) >= 11 is 0. The van der Waals surface area contributed by atoms with Crippen molar-refractivity contribution in [2.45, 2.75) is 13.5 Å². The number of rotatable bonds is 3. The van der Waals surface area contributed by atoms with Crippen LogP contribution in [0.5, 0.6) is 0 Å². The van der Waals surface area contributed by atoms with Crippen LogP contribution in [0.2, 0.25) is 0 Å². The second kappa shape index (κ2) is 5.17. The second-order valence-corrected chi connectivity index (χ2v) is 4.74. The average molecular weight is 265 g/mol. The fraction of sp³-hybridized carbons (Fsp3) is 0.125. The normalized spacial score (nSPS) is 10.7. The third-order valence-corrected chi connectivity index (χ3v) is 3.26. The molecule has 3 rings (SSSR count). The Kier molecular flexibility index (Phi) is 3.21. The summed E-state index contributed by atoms with van der Waals surface area (Å²) in [5, 5.41) is 3.95. The standard InChI is InChI=1S/C16H15N3O/c1-11-5-6-12(9-18-11)10-19-16(20)14-4-2-3-13-7-8-17-15(13)14/h2-9,17H,10H2,1H3,(H,19,20). The van der Waals surface area contributed by atoms with Gasteiger partial charge >= 0.3 is 0 Å². The fourth-order valence-electron chi connectivity index (χ4n) is 2.15. The Balaban J connectivity index is 1.76. The summed E-state index contributed by atoms with van der Waals surface area (Å²) in [7, 11) is 0. The molecule has 0 fully saturated rings. The molecule has 0 unspecified atom stereocenters. The summed E-state index contributed by atoms with van der Waals surface area (Å²) in [4.78, 5) is 19.6. The number of aryl methyl sites for hydroxylation is 1. The molecule has 0 aliphatic carbocycles. The Morgan fingerprint density at radius 3 is 2.95 bits per heavy atom. The van der Waals surface area contributed by atoms with Gasteiger partial charge in [0.05, 0.1) is 11.1 Å². The maximum absolute atomic E-state index is 12.2. The molecule has 3 aromatic rings. The predicted octanol–water partition coefficient (Wildman–Crippen LogP) is 2.80. The lowest BCUT2D eigenvalue weighted by molar-refractivity contribution is 0.0952. The van der Waals surface area contributed by atoms with Gasteiger partial charge in [0, 0.05) is 30.0 Å². The molecule has 2 aromatic heterocycles. The van der Waals surface area contributed by atoms with Gasteiger partial charge in [0.1, 0.15) is 0 Å². The van der Waals surface area contributed by atoms with Crippen LogP contribution in [0, 0.1) is 6.92 Å². The van der Waals surface area contributed by atoms with Crippen molar-refractivity contribution in [3.63, 3.8) is 0 Å². The highest BCUT2D eigenvalue weighted by Crippen LogP contribution is 2.16. The fourth-order valence-corrected chi connectivity index (χ4v) is 2.15. The van der Waals surface area contributed by atoms with Crippen LogP contribution in [0.25, 0.3) is 10.9 Å². The van der Waals surface area contributed by atoms with Gasteiger partial charge in [-0.2, -0.15) is 0 Å². The number of nitrogens with one attached hydrogen (secondary N) is 2.